The third-order valence-electron chi connectivity index (χ3n) is 2.21. The molecule has 1 aliphatic heterocycles. The first-order chi connectivity index (χ1) is 6.77. The lowest BCUT2D eigenvalue weighted by atomic mass is 10.2. The predicted octanol–water partition coefficient (Wildman–Crippen LogP) is 1.16. The summed E-state index contributed by atoms with van der Waals surface area (Å²) < 4.78 is 26.6. The van der Waals surface area contributed by atoms with Gasteiger partial charge in [-0.1, -0.05) is 0 Å². The van der Waals surface area contributed by atoms with E-state index >= 15 is 0 Å². The smallest absolute Gasteiger partial charge is 0.207 e. The Morgan fingerprint density at radius 3 is 3.07 bits per heavy atom. The molecule has 0 saturated carbocycles. The Labute approximate surface area is 84.3 Å². The molecule has 0 spiro atoms. The Kier molecular flexibility index (Phi) is 2.95. The van der Waals surface area contributed by atoms with E-state index in [0.29, 0.717) is 0 Å². The van der Waals surface area contributed by atoms with Crippen LogP contribution in [0.15, 0.2) is 17.3 Å². The van der Waals surface area contributed by atoms with Crippen LogP contribution in [0.3, 0.4) is 0 Å². The molecule has 2 rings (SSSR count). The average molecular weight is 216 g/mol. The maximum atomic E-state index is 10.7. The zero-order valence-electron chi connectivity index (χ0n) is 7.63. The van der Waals surface area contributed by atoms with Crippen LogP contribution in [0, 0.1) is 0 Å². The van der Waals surface area contributed by atoms with E-state index < -0.39 is 11.1 Å². The molecule has 78 valence electrons. The Morgan fingerprint density at radius 2 is 2.50 bits per heavy atom. The average Bonchev–Trinajstić information content (AvgIpc) is 2.68. The van der Waals surface area contributed by atoms with Crippen LogP contribution >= 0.6 is 0 Å². The lowest BCUT2D eigenvalue weighted by Crippen LogP contribution is -2.18. The van der Waals surface area contributed by atoms with Crippen LogP contribution in [-0.4, -0.2) is 25.1 Å². The molecule has 2 heterocycles. The van der Waals surface area contributed by atoms with Crippen LogP contribution in [0.25, 0.3) is 0 Å². The number of rotatable bonds is 2. The summed E-state index contributed by atoms with van der Waals surface area (Å²) in [5.74, 6) is 0. The topological polar surface area (TPSA) is 64.3 Å². The molecule has 5 nitrogen and oxygen atoms in total. The van der Waals surface area contributed by atoms with Gasteiger partial charge in [-0.3, -0.25) is 0 Å². The van der Waals surface area contributed by atoms with E-state index in [4.69, 9.17) is 9.29 Å². The standard InChI is InChI=1S/C8H12N2O3S/c11-14(12)7-4-5-10(9-7)8-3-1-2-6-13-8/h4-5,8H,1-3,6H2,(H,11,12). The molecular formula is C8H12N2O3S. The number of nitrogens with zero attached hydrogens (tertiary/aromatic N) is 2. The molecule has 1 aromatic rings. The van der Waals surface area contributed by atoms with Crippen LogP contribution in [-0.2, 0) is 15.8 Å². The minimum atomic E-state index is -2.00. The van der Waals surface area contributed by atoms with Gasteiger partial charge in [0, 0.05) is 12.8 Å². The van der Waals surface area contributed by atoms with Crippen molar-refractivity contribution >= 4 is 11.1 Å². The summed E-state index contributed by atoms with van der Waals surface area (Å²) in [6.07, 6.45) is 4.72. The van der Waals surface area contributed by atoms with E-state index in [1.54, 1.807) is 10.9 Å². The summed E-state index contributed by atoms with van der Waals surface area (Å²) in [7, 11) is 0. The molecule has 14 heavy (non-hydrogen) atoms. The van der Waals surface area contributed by atoms with Crippen LogP contribution < -0.4 is 0 Å². The Balaban J connectivity index is 2.11. The van der Waals surface area contributed by atoms with Crippen molar-refractivity contribution in [3.63, 3.8) is 0 Å². The van der Waals surface area contributed by atoms with Gasteiger partial charge in [0.15, 0.2) is 5.03 Å². The van der Waals surface area contributed by atoms with Crippen LogP contribution in [0.4, 0.5) is 0 Å². The van der Waals surface area contributed by atoms with Crippen LogP contribution in [0.2, 0.25) is 0 Å². The highest BCUT2D eigenvalue weighted by Crippen LogP contribution is 2.21. The maximum Gasteiger partial charge on any atom is 0.207 e. The second kappa shape index (κ2) is 4.20. The highest BCUT2D eigenvalue weighted by molar-refractivity contribution is 7.79. The van der Waals surface area contributed by atoms with E-state index in [1.165, 1.54) is 6.07 Å². The highest BCUT2D eigenvalue weighted by Gasteiger charge is 2.17. The summed E-state index contributed by atoms with van der Waals surface area (Å²) >= 11 is -2.00. The lowest BCUT2D eigenvalue weighted by Gasteiger charge is -2.22. The van der Waals surface area contributed by atoms with Crippen molar-refractivity contribution in [2.45, 2.75) is 30.5 Å². The molecule has 1 fully saturated rings. The van der Waals surface area contributed by atoms with Crippen molar-refractivity contribution in [2.24, 2.45) is 0 Å². The molecule has 2 atom stereocenters. The van der Waals surface area contributed by atoms with Crippen molar-refractivity contribution in [1.82, 2.24) is 9.78 Å². The monoisotopic (exact) mass is 216 g/mol. The minimum absolute atomic E-state index is 0.0685. The van der Waals surface area contributed by atoms with Gasteiger partial charge in [0.1, 0.15) is 6.23 Å². The summed E-state index contributed by atoms with van der Waals surface area (Å²) in [6.45, 7) is 0.738. The second-order valence-corrected chi connectivity index (χ2v) is 4.12. The molecule has 0 amide bonds. The van der Waals surface area contributed by atoms with Gasteiger partial charge >= 0.3 is 0 Å². The van der Waals surface area contributed by atoms with Gasteiger partial charge in [-0.2, -0.15) is 5.10 Å². The molecule has 0 bridgehead atoms. The maximum absolute atomic E-state index is 10.7. The minimum Gasteiger partial charge on any atom is -0.357 e. The van der Waals surface area contributed by atoms with E-state index in [0.717, 1.165) is 25.9 Å². The molecule has 1 aliphatic rings. The van der Waals surface area contributed by atoms with Gasteiger partial charge in [-0.25, -0.2) is 8.89 Å². The fourth-order valence-corrected chi connectivity index (χ4v) is 1.85. The molecule has 0 aromatic carbocycles. The van der Waals surface area contributed by atoms with Crippen molar-refractivity contribution in [3.05, 3.63) is 12.3 Å². The predicted molar refractivity (Wildman–Crippen MR) is 50.1 cm³/mol. The number of ether oxygens (including phenoxy) is 1. The van der Waals surface area contributed by atoms with Gasteiger partial charge in [0.05, 0.1) is 0 Å². The van der Waals surface area contributed by atoms with E-state index in [2.05, 4.69) is 5.10 Å². The normalized spacial score (nSPS) is 24.8. The zero-order chi connectivity index (χ0) is 9.97. The van der Waals surface area contributed by atoms with Gasteiger partial charge in [0.25, 0.3) is 0 Å². The van der Waals surface area contributed by atoms with Gasteiger partial charge in [-0.15, -0.1) is 0 Å². The van der Waals surface area contributed by atoms with E-state index in [9.17, 15) is 4.21 Å². The number of hydrogen-bond acceptors (Lipinski definition) is 3. The quantitative estimate of drug-likeness (QED) is 0.753. The molecular weight excluding hydrogens is 204 g/mol. The first-order valence-electron chi connectivity index (χ1n) is 4.55. The summed E-state index contributed by atoms with van der Waals surface area (Å²) in [5.41, 5.74) is 0. The Bertz CT molecular complexity index is 333. The molecule has 2 unspecified atom stereocenters. The summed E-state index contributed by atoms with van der Waals surface area (Å²) in [4.78, 5) is 0. The largest absolute Gasteiger partial charge is 0.357 e. The SMILES string of the molecule is O=S(O)c1ccn(C2CCCCO2)n1. The van der Waals surface area contributed by atoms with Crippen molar-refractivity contribution in [3.8, 4) is 0 Å². The molecule has 0 radical (unpaired) electrons. The summed E-state index contributed by atoms with van der Waals surface area (Å²) in [5, 5.41) is 4.15. The van der Waals surface area contributed by atoms with Gasteiger partial charge in [0.2, 0.25) is 11.1 Å². The lowest BCUT2D eigenvalue weighted by molar-refractivity contribution is -0.0401. The molecule has 0 aliphatic carbocycles. The second-order valence-electron chi connectivity index (χ2n) is 3.20. The fourth-order valence-electron chi connectivity index (χ4n) is 1.51. The first-order valence-corrected chi connectivity index (χ1v) is 5.65. The fraction of sp³-hybridized carbons (Fsp3) is 0.625. The van der Waals surface area contributed by atoms with E-state index in [1.807, 2.05) is 0 Å². The molecule has 1 saturated heterocycles. The highest BCUT2D eigenvalue weighted by atomic mass is 32.2. The zero-order valence-corrected chi connectivity index (χ0v) is 8.44. The van der Waals surface area contributed by atoms with E-state index in [-0.39, 0.29) is 11.3 Å². The number of aromatic nitrogens is 2. The van der Waals surface area contributed by atoms with Gasteiger partial charge < -0.3 is 9.29 Å². The van der Waals surface area contributed by atoms with Crippen molar-refractivity contribution < 1.29 is 13.5 Å². The van der Waals surface area contributed by atoms with Crippen LogP contribution in [0.5, 0.6) is 0 Å². The Hall–Kier alpha value is -0.720. The van der Waals surface area contributed by atoms with Crippen molar-refractivity contribution in [1.29, 1.82) is 0 Å². The number of hydrogen-bond donors (Lipinski definition) is 1. The molecule has 6 heteroatoms. The van der Waals surface area contributed by atoms with Crippen LogP contribution in [0.1, 0.15) is 25.5 Å². The van der Waals surface area contributed by atoms with Gasteiger partial charge in [-0.05, 0) is 25.3 Å². The third kappa shape index (κ3) is 2.02. The first kappa shape index (κ1) is 9.82. The molecule has 1 N–H and O–H groups in total. The Morgan fingerprint density at radius 1 is 1.64 bits per heavy atom. The molecule has 1 aromatic heterocycles. The third-order valence-corrected chi connectivity index (χ3v) is 2.79. The summed E-state index contributed by atoms with van der Waals surface area (Å²) in [6, 6.07) is 1.54. The van der Waals surface area contributed by atoms with Crippen molar-refractivity contribution in [2.75, 3.05) is 6.61 Å².